The van der Waals surface area contributed by atoms with Crippen LogP contribution in [0.2, 0.25) is 10.0 Å². The van der Waals surface area contributed by atoms with E-state index in [1.54, 1.807) is 18.2 Å². The maximum absolute atomic E-state index is 11.9. The highest BCUT2D eigenvalue weighted by atomic mass is 35.5. The minimum absolute atomic E-state index is 0.0154. The smallest absolute Gasteiger partial charge is 0.224 e. The van der Waals surface area contributed by atoms with Crippen molar-refractivity contribution in [3.05, 3.63) is 39.6 Å². The van der Waals surface area contributed by atoms with Crippen molar-refractivity contribution >= 4 is 29.1 Å². The van der Waals surface area contributed by atoms with Crippen LogP contribution in [0, 0.1) is 0 Å². The minimum atomic E-state index is -0.121. The molecule has 0 saturated heterocycles. The number of hydrogen-bond donors (Lipinski definition) is 2. The van der Waals surface area contributed by atoms with E-state index in [9.17, 15) is 4.79 Å². The fourth-order valence-corrected chi connectivity index (χ4v) is 2.11. The third kappa shape index (κ3) is 3.91. The van der Waals surface area contributed by atoms with Crippen molar-refractivity contribution in [2.45, 2.75) is 19.3 Å². The van der Waals surface area contributed by atoms with Crippen LogP contribution in [0.5, 0.6) is 0 Å². The van der Waals surface area contributed by atoms with Crippen LogP contribution in [-0.2, 0) is 11.2 Å². The Morgan fingerprint density at radius 1 is 1.45 bits per heavy atom. The molecule has 0 spiro atoms. The molecule has 106 valence electrons. The second-order valence-electron chi connectivity index (χ2n) is 4.39. The van der Waals surface area contributed by atoms with E-state index in [-0.39, 0.29) is 18.2 Å². The predicted molar refractivity (Wildman–Crippen MR) is 75.8 cm³/mol. The van der Waals surface area contributed by atoms with Crippen LogP contribution in [0.4, 0.5) is 0 Å². The second-order valence-corrected chi connectivity index (χ2v) is 5.23. The van der Waals surface area contributed by atoms with Crippen molar-refractivity contribution in [3.63, 3.8) is 0 Å². The zero-order valence-corrected chi connectivity index (χ0v) is 12.2. The van der Waals surface area contributed by atoms with Crippen molar-refractivity contribution in [1.29, 1.82) is 0 Å². The summed E-state index contributed by atoms with van der Waals surface area (Å²) in [5, 5.41) is 17.4. The quantitative estimate of drug-likeness (QED) is 0.884. The van der Waals surface area contributed by atoms with Crippen LogP contribution >= 0.6 is 23.2 Å². The van der Waals surface area contributed by atoms with Crippen LogP contribution in [0.3, 0.4) is 0 Å². The summed E-state index contributed by atoms with van der Waals surface area (Å²) in [6, 6.07) is 5.07. The molecule has 2 aromatic rings. The van der Waals surface area contributed by atoms with E-state index >= 15 is 0 Å². The lowest BCUT2D eigenvalue weighted by Crippen LogP contribution is -2.29. The lowest BCUT2D eigenvalue weighted by Gasteiger charge is -2.09. The molecular weight excluding hydrogens is 301 g/mol. The topological polar surface area (TPSA) is 83.6 Å². The number of amides is 1. The molecule has 0 aliphatic heterocycles. The van der Waals surface area contributed by atoms with Gasteiger partial charge in [-0.1, -0.05) is 41.4 Å². The van der Waals surface area contributed by atoms with Crippen LogP contribution in [0.1, 0.15) is 24.2 Å². The number of tetrazole rings is 1. The third-order valence-corrected chi connectivity index (χ3v) is 3.36. The summed E-state index contributed by atoms with van der Waals surface area (Å²) in [4.78, 5) is 11.9. The molecule has 2 N–H and O–H groups in total. The van der Waals surface area contributed by atoms with Gasteiger partial charge in [-0.2, -0.15) is 5.21 Å². The van der Waals surface area contributed by atoms with Gasteiger partial charge >= 0.3 is 0 Å². The Bertz CT molecular complexity index is 588. The van der Waals surface area contributed by atoms with Gasteiger partial charge in [-0.15, -0.1) is 10.2 Å². The number of carbonyl (C=O) groups excluding carboxylic acids is 1. The summed E-state index contributed by atoms with van der Waals surface area (Å²) in [6.07, 6.45) is 0.203. The predicted octanol–water partition coefficient (Wildman–Crippen LogP) is 1.97. The number of hydrogen-bond acceptors (Lipinski definition) is 4. The van der Waals surface area contributed by atoms with Gasteiger partial charge in [0.05, 0.1) is 6.42 Å². The van der Waals surface area contributed by atoms with Gasteiger partial charge in [0.2, 0.25) is 5.91 Å². The second kappa shape index (κ2) is 6.67. The fourth-order valence-electron chi connectivity index (χ4n) is 1.64. The van der Waals surface area contributed by atoms with Crippen molar-refractivity contribution < 1.29 is 4.79 Å². The van der Waals surface area contributed by atoms with Crippen molar-refractivity contribution in [1.82, 2.24) is 25.9 Å². The molecule has 1 heterocycles. The van der Waals surface area contributed by atoms with Crippen molar-refractivity contribution in [2.75, 3.05) is 6.54 Å². The molecule has 8 heteroatoms. The van der Waals surface area contributed by atoms with Gasteiger partial charge in [-0.05, 0) is 17.7 Å². The van der Waals surface area contributed by atoms with Gasteiger partial charge in [-0.25, -0.2) is 0 Å². The van der Waals surface area contributed by atoms with Gasteiger partial charge in [0.15, 0.2) is 5.82 Å². The van der Waals surface area contributed by atoms with Crippen LogP contribution in [0.15, 0.2) is 18.2 Å². The molecule has 0 radical (unpaired) electrons. The largest absolute Gasteiger partial charge is 0.355 e. The Morgan fingerprint density at radius 3 is 2.90 bits per heavy atom. The lowest BCUT2D eigenvalue weighted by molar-refractivity contribution is -0.120. The number of aromatic nitrogens is 4. The molecule has 6 nitrogen and oxygen atoms in total. The molecule has 1 atom stereocenters. The van der Waals surface area contributed by atoms with Crippen molar-refractivity contribution in [2.24, 2.45) is 0 Å². The van der Waals surface area contributed by atoms with Gasteiger partial charge < -0.3 is 5.32 Å². The summed E-state index contributed by atoms with van der Waals surface area (Å²) >= 11 is 11.8. The van der Waals surface area contributed by atoms with E-state index in [4.69, 9.17) is 23.2 Å². The third-order valence-electron chi connectivity index (χ3n) is 2.77. The lowest BCUT2D eigenvalue weighted by atomic mass is 10.1. The summed E-state index contributed by atoms with van der Waals surface area (Å²) in [5.74, 6) is 0.429. The van der Waals surface area contributed by atoms with Crippen LogP contribution in [-0.4, -0.2) is 33.1 Å². The SMILES string of the molecule is C[C@H](CNC(=O)Cc1ccc(Cl)cc1Cl)c1nn[nH]n1. The number of nitrogens with one attached hydrogen (secondary N) is 2. The minimum Gasteiger partial charge on any atom is -0.355 e. The summed E-state index contributed by atoms with van der Waals surface area (Å²) in [7, 11) is 0. The number of H-pyrrole nitrogens is 1. The molecule has 1 aromatic heterocycles. The first-order valence-electron chi connectivity index (χ1n) is 6.00. The highest BCUT2D eigenvalue weighted by molar-refractivity contribution is 6.35. The molecule has 1 aromatic carbocycles. The normalized spacial score (nSPS) is 12.2. The summed E-state index contributed by atoms with van der Waals surface area (Å²) in [5.41, 5.74) is 0.737. The van der Waals surface area contributed by atoms with E-state index < -0.39 is 0 Å². The molecule has 0 aliphatic carbocycles. The summed E-state index contributed by atoms with van der Waals surface area (Å²) in [6.45, 7) is 2.34. The molecule has 0 bridgehead atoms. The molecular formula is C12H13Cl2N5O. The van der Waals surface area contributed by atoms with E-state index in [1.807, 2.05) is 6.92 Å². The van der Waals surface area contributed by atoms with Gasteiger partial charge in [0.25, 0.3) is 0 Å². The highest BCUT2D eigenvalue weighted by Crippen LogP contribution is 2.21. The Hall–Kier alpha value is -1.66. The monoisotopic (exact) mass is 313 g/mol. The van der Waals surface area contributed by atoms with Gasteiger partial charge in [0, 0.05) is 22.5 Å². The Morgan fingerprint density at radius 2 is 2.25 bits per heavy atom. The maximum Gasteiger partial charge on any atom is 0.224 e. The number of carbonyl (C=O) groups is 1. The molecule has 0 saturated carbocycles. The molecule has 0 fully saturated rings. The average Bonchev–Trinajstić information content (AvgIpc) is 2.93. The van der Waals surface area contributed by atoms with Crippen LogP contribution in [0.25, 0.3) is 0 Å². The van der Waals surface area contributed by atoms with E-state index in [0.717, 1.165) is 5.56 Å². The first-order chi connectivity index (χ1) is 9.56. The first kappa shape index (κ1) is 14.7. The average molecular weight is 314 g/mol. The molecule has 20 heavy (non-hydrogen) atoms. The fraction of sp³-hybridized carbons (Fsp3) is 0.333. The zero-order valence-electron chi connectivity index (χ0n) is 10.7. The standard InChI is InChI=1S/C12H13Cl2N5O/c1-7(12-16-18-19-17-12)6-15-11(20)4-8-2-3-9(13)5-10(8)14/h2-3,5,7H,4,6H2,1H3,(H,15,20)(H,16,17,18,19)/t7-/m1/s1. The Kier molecular flexibility index (Phi) is 4.92. The number of aromatic amines is 1. The zero-order chi connectivity index (χ0) is 14.5. The number of benzene rings is 1. The van der Waals surface area contributed by atoms with E-state index in [2.05, 4.69) is 25.9 Å². The Labute approximate surface area is 125 Å². The van der Waals surface area contributed by atoms with Crippen LogP contribution < -0.4 is 5.32 Å². The summed E-state index contributed by atoms with van der Waals surface area (Å²) < 4.78 is 0. The number of rotatable bonds is 5. The van der Waals surface area contributed by atoms with E-state index in [0.29, 0.717) is 22.4 Å². The van der Waals surface area contributed by atoms with Gasteiger partial charge in [-0.3, -0.25) is 4.79 Å². The molecule has 0 unspecified atom stereocenters. The Balaban J connectivity index is 1.86. The van der Waals surface area contributed by atoms with E-state index in [1.165, 1.54) is 0 Å². The maximum atomic E-state index is 11.9. The number of nitrogens with zero attached hydrogens (tertiary/aromatic N) is 3. The molecule has 0 aliphatic rings. The highest BCUT2D eigenvalue weighted by Gasteiger charge is 2.13. The van der Waals surface area contributed by atoms with Crippen molar-refractivity contribution in [3.8, 4) is 0 Å². The number of halogens is 2. The van der Waals surface area contributed by atoms with Gasteiger partial charge in [0.1, 0.15) is 0 Å². The first-order valence-corrected chi connectivity index (χ1v) is 6.76. The molecule has 1 amide bonds. The molecule has 2 rings (SSSR count).